The normalized spacial score (nSPS) is 15.0. The van der Waals surface area contributed by atoms with Gasteiger partial charge in [0.15, 0.2) is 0 Å². The molecule has 0 saturated carbocycles. The number of amides is 1. The second kappa shape index (κ2) is 8.22. The van der Waals surface area contributed by atoms with Crippen LogP contribution >= 0.6 is 11.3 Å². The smallest absolute Gasteiger partial charge is 0.262 e. The Bertz CT molecular complexity index is 961. The van der Waals surface area contributed by atoms with Gasteiger partial charge in [0.25, 0.3) is 15.9 Å². The molecule has 0 fully saturated rings. The minimum atomic E-state index is -3.67. The Balaban J connectivity index is 1.69. The van der Waals surface area contributed by atoms with Crippen molar-refractivity contribution in [3.8, 4) is 0 Å². The predicted molar refractivity (Wildman–Crippen MR) is 109 cm³/mol. The van der Waals surface area contributed by atoms with Crippen LogP contribution in [0.3, 0.4) is 0 Å². The van der Waals surface area contributed by atoms with Gasteiger partial charge in [-0.3, -0.25) is 14.5 Å². The number of hydrogen-bond donors (Lipinski definition) is 2. The molecule has 27 heavy (non-hydrogen) atoms. The van der Waals surface area contributed by atoms with E-state index in [0.717, 1.165) is 29.0 Å². The van der Waals surface area contributed by atoms with E-state index >= 15 is 0 Å². The molecule has 1 aliphatic heterocycles. The van der Waals surface area contributed by atoms with Crippen molar-refractivity contribution >= 4 is 38.8 Å². The molecule has 2 N–H and O–H groups in total. The van der Waals surface area contributed by atoms with Gasteiger partial charge >= 0.3 is 0 Å². The summed E-state index contributed by atoms with van der Waals surface area (Å²) >= 11 is 1.57. The number of sulfonamides is 1. The lowest BCUT2D eigenvalue weighted by Crippen LogP contribution is -2.30. The third-order valence-corrected chi connectivity index (χ3v) is 6.70. The van der Waals surface area contributed by atoms with Crippen molar-refractivity contribution in [2.24, 2.45) is 4.99 Å². The number of aliphatic imine (C=N–C) groups is 1. The fourth-order valence-electron chi connectivity index (χ4n) is 2.94. The lowest BCUT2D eigenvalue weighted by atomic mass is 10.2. The maximum Gasteiger partial charge on any atom is 0.262 e. The van der Waals surface area contributed by atoms with Gasteiger partial charge in [-0.1, -0.05) is 6.42 Å². The minimum absolute atomic E-state index is 0.148. The SMILES string of the molecule is Cc1cc(C(=O)Nc2ccc(S(=O)(=O)NC3=NCCCCC3)cc2)c(C)s1. The van der Waals surface area contributed by atoms with E-state index in [1.54, 1.807) is 23.5 Å². The largest absolute Gasteiger partial charge is 0.322 e. The molecular formula is C19H23N3O3S2. The number of thiophene rings is 1. The predicted octanol–water partition coefficient (Wildman–Crippen LogP) is 3.87. The van der Waals surface area contributed by atoms with Gasteiger partial charge in [0.2, 0.25) is 0 Å². The Morgan fingerprint density at radius 2 is 1.85 bits per heavy atom. The Hall–Kier alpha value is -2.19. The number of rotatable bonds is 4. The third-order valence-electron chi connectivity index (χ3n) is 4.33. The van der Waals surface area contributed by atoms with Crippen LogP contribution in [0.25, 0.3) is 0 Å². The van der Waals surface area contributed by atoms with Gasteiger partial charge in [0, 0.05) is 28.4 Å². The summed E-state index contributed by atoms with van der Waals surface area (Å²) in [5.74, 6) is 0.326. The van der Waals surface area contributed by atoms with E-state index in [9.17, 15) is 13.2 Å². The second-order valence-corrected chi connectivity index (χ2v) is 9.69. The highest BCUT2D eigenvalue weighted by molar-refractivity contribution is 7.90. The first-order chi connectivity index (χ1) is 12.8. The summed E-state index contributed by atoms with van der Waals surface area (Å²) in [7, 11) is -3.67. The molecule has 0 unspecified atom stereocenters. The van der Waals surface area contributed by atoms with Crippen molar-refractivity contribution in [2.45, 2.75) is 44.4 Å². The van der Waals surface area contributed by atoms with Gasteiger partial charge < -0.3 is 5.32 Å². The van der Waals surface area contributed by atoms with E-state index in [0.29, 0.717) is 30.1 Å². The quantitative estimate of drug-likeness (QED) is 0.809. The van der Waals surface area contributed by atoms with Crippen LogP contribution in [0.1, 0.15) is 45.8 Å². The second-order valence-electron chi connectivity index (χ2n) is 6.55. The number of anilines is 1. The molecule has 1 aromatic carbocycles. The summed E-state index contributed by atoms with van der Waals surface area (Å²) in [4.78, 5) is 18.9. The number of amidine groups is 1. The molecule has 6 nitrogen and oxygen atoms in total. The third kappa shape index (κ3) is 4.95. The topological polar surface area (TPSA) is 87.6 Å². The molecule has 0 radical (unpaired) electrons. The van der Waals surface area contributed by atoms with Crippen LogP contribution in [0.5, 0.6) is 0 Å². The van der Waals surface area contributed by atoms with E-state index in [1.807, 2.05) is 19.9 Å². The van der Waals surface area contributed by atoms with Gasteiger partial charge in [0.05, 0.1) is 10.5 Å². The molecule has 8 heteroatoms. The summed E-state index contributed by atoms with van der Waals surface area (Å²) in [5, 5.41) is 2.81. The zero-order valence-corrected chi connectivity index (χ0v) is 17.0. The van der Waals surface area contributed by atoms with Gasteiger partial charge in [0.1, 0.15) is 5.84 Å². The summed E-state index contributed by atoms with van der Waals surface area (Å²) in [5.41, 5.74) is 1.19. The van der Waals surface area contributed by atoms with Crippen molar-refractivity contribution < 1.29 is 13.2 Å². The van der Waals surface area contributed by atoms with E-state index in [1.165, 1.54) is 12.1 Å². The molecule has 0 atom stereocenters. The molecule has 144 valence electrons. The highest BCUT2D eigenvalue weighted by Gasteiger charge is 2.18. The van der Waals surface area contributed by atoms with Crippen LogP contribution in [-0.4, -0.2) is 26.7 Å². The number of nitrogens with zero attached hydrogens (tertiary/aromatic N) is 1. The van der Waals surface area contributed by atoms with Gasteiger partial charge in [-0.2, -0.15) is 0 Å². The first kappa shape index (κ1) is 19.6. The lowest BCUT2D eigenvalue weighted by molar-refractivity contribution is 0.102. The molecule has 1 aromatic heterocycles. The number of carbonyl (C=O) groups is 1. The fraction of sp³-hybridized carbons (Fsp3) is 0.368. The van der Waals surface area contributed by atoms with E-state index < -0.39 is 10.0 Å². The van der Waals surface area contributed by atoms with Crippen LogP contribution in [0.15, 0.2) is 40.2 Å². The Labute approximate surface area is 163 Å². The average molecular weight is 406 g/mol. The van der Waals surface area contributed by atoms with Gasteiger partial charge in [-0.15, -0.1) is 11.3 Å². The standard InChI is InChI=1S/C19H23N3O3S2/c1-13-12-17(14(2)26-13)19(23)21-15-7-9-16(10-8-15)27(24,25)22-18-6-4-3-5-11-20-18/h7-10,12H,3-6,11H2,1-2H3,(H,20,22)(H,21,23). The Morgan fingerprint density at radius 1 is 1.11 bits per heavy atom. The van der Waals surface area contributed by atoms with Crippen molar-refractivity contribution in [2.75, 3.05) is 11.9 Å². The molecule has 2 heterocycles. The summed E-state index contributed by atoms with van der Waals surface area (Å²) in [6.07, 6.45) is 3.63. The van der Waals surface area contributed by atoms with Crippen molar-refractivity contribution in [3.05, 3.63) is 45.6 Å². The molecule has 0 spiro atoms. The summed E-state index contributed by atoms with van der Waals surface area (Å²) in [6.45, 7) is 4.52. The molecule has 0 bridgehead atoms. The summed E-state index contributed by atoms with van der Waals surface area (Å²) in [6, 6.07) is 8.01. The number of carbonyl (C=O) groups excluding carboxylic acids is 1. The van der Waals surface area contributed by atoms with E-state index in [2.05, 4.69) is 15.0 Å². The molecule has 0 aliphatic carbocycles. The Morgan fingerprint density at radius 3 is 2.52 bits per heavy atom. The number of nitrogens with one attached hydrogen (secondary N) is 2. The number of hydrogen-bond acceptors (Lipinski definition) is 5. The molecule has 1 aliphatic rings. The maximum atomic E-state index is 12.5. The van der Waals surface area contributed by atoms with E-state index in [-0.39, 0.29) is 10.8 Å². The summed E-state index contributed by atoms with van der Waals surface area (Å²) < 4.78 is 27.7. The fourth-order valence-corrected chi connectivity index (χ4v) is 4.95. The van der Waals surface area contributed by atoms with Crippen LogP contribution < -0.4 is 10.0 Å². The van der Waals surface area contributed by atoms with Gasteiger partial charge in [-0.05, 0) is 57.0 Å². The molecule has 1 amide bonds. The van der Waals surface area contributed by atoms with Crippen LogP contribution in [0, 0.1) is 13.8 Å². The molecule has 0 saturated heterocycles. The van der Waals surface area contributed by atoms with Crippen LogP contribution in [0.2, 0.25) is 0 Å². The highest BCUT2D eigenvalue weighted by Crippen LogP contribution is 2.22. The number of aryl methyl sites for hydroxylation is 2. The van der Waals surface area contributed by atoms with Crippen molar-refractivity contribution in [1.82, 2.24) is 4.72 Å². The lowest BCUT2D eigenvalue weighted by Gasteiger charge is -2.10. The van der Waals surface area contributed by atoms with Crippen molar-refractivity contribution in [1.29, 1.82) is 0 Å². The minimum Gasteiger partial charge on any atom is -0.322 e. The Kier molecular flexibility index (Phi) is 5.96. The van der Waals surface area contributed by atoms with Crippen LogP contribution in [0.4, 0.5) is 5.69 Å². The zero-order valence-electron chi connectivity index (χ0n) is 15.4. The number of benzene rings is 1. The zero-order chi connectivity index (χ0) is 19.4. The van der Waals surface area contributed by atoms with E-state index in [4.69, 9.17) is 0 Å². The van der Waals surface area contributed by atoms with Crippen molar-refractivity contribution in [3.63, 3.8) is 0 Å². The monoisotopic (exact) mass is 405 g/mol. The first-order valence-electron chi connectivity index (χ1n) is 8.90. The highest BCUT2D eigenvalue weighted by atomic mass is 32.2. The molecular weight excluding hydrogens is 382 g/mol. The van der Waals surface area contributed by atoms with Gasteiger partial charge in [-0.25, -0.2) is 8.42 Å². The van der Waals surface area contributed by atoms with Crippen LogP contribution in [-0.2, 0) is 10.0 Å². The molecule has 2 aromatic rings. The maximum absolute atomic E-state index is 12.5. The molecule has 3 rings (SSSR count). The first-order valence-corrected chi connectivity index (χ1v) is 11.2. The average Bonchev–Trinajstić information content (AvgIpc) is 2.80.